The number of nitrogens with zero attached hydrogens (tertiary/aromatic N) is 7. The largest absolute Gasteiger partial charge is 0.484 e. The molecule has 9 heteroatoms. The van der Waals surface area contributed by atoms with E-state index in [2.05, 4.69) is 32.0 Å². The Hall–Kier alpha value is -3.23. The Labute approximate surface area is 162 Å². The molecule has 3 aromatic rings. The molecule has 1 aliphatic heterocycles. The number of imidazole rings is 1. The molecule has 1 amide bonds. The maximum atomic E-state index is 12.6. The number of hydrogen-bond acceptors (Lipinski definition) is 6. The highest BCUT2D eigenvalue weighted by Crippen LogP contribution is 2.26. The minimum Gasteiger partial charge on any atom is -0.484 e. The van der Waals surface area contributed by atoms with Crippen LogP contribution in [0.4, 0.5) is 0 Å². The van der Waals surface area contributed by atoms with Crippen molar-refractivity contribution in [1.82, 2.24) is 34.7 Å². The van der Waals surface area contributed by atoms with Gasteiger partial charge in [0.2, 0.25) is 0 Å². The number of aromatic nitrogens is 6. The summed E-state index contributed by atoms with van der Waals surface area (Å²) < 4.78 is 9.40. The Bertz CT molecular complexity index is 905. The number of likely N-dealkylation sites (tertiary alicyclic amines) is 1. The second-order valence-corrected chi connectivity index (χ2v) is 6.79. The quantitative estimate of drug-likeness (QED) is 0.645. The Morgan fingerprint density at radius 2 is 2.14 bits per heavy atom. The minimum absolute atomic E-state index is 0.00357. The van der Waals surface area contributed by atoms with E-state index in [4.69, 9.17) is 4.74 Å². The molecular formula is C19H23N7O2. The lowest BCUT2D eigenvalue weighted by Gasteiger charge is -2.32. The fraction of sp³-hybridized carbons (Fsp3) is 0.421. The number of amides is 1. The van der Waals surface area contributed by atoms with Crippen LogP contribution in [0.1, 0.15) is 31.5 Å². The van der Waals surface area contributed by atoms with Crippen LogP contribution in [0.5, 0.6) is 5.75 Å². The summed E-state index contributed by atoms with van der Waals surface area (Å²) in [5.41, 5.74) is 0.828. The normalized spacial score (nSPS) is 16.9. The van der Waals surface area contributed by atoms with Crippen LogP contribution in [0.15, 0.2) is 43.0 Å². The van der Waals surface area contributed by atoms with Crippen molar-refractivity contribution < 1.29 is 9.53 Å². The summed E-state index contributed by atoms with van der Waals surface area (Å²) in [6.07, 6.45) is 7.39. The molecule has 0 aliphatic carbocycles. The van der Waals surface area contributed by atoms with Gasteiger partial charge in [0.1, 0.15) is 17.9 Å². The zero-order valence-corrected chi connectivity index (χ0v) is 15.8. The third-order valence-electron chi connectivity index (χ3n) is 5.04. The Morgan fingerprint density at radius 1 is 1.29 bits per heavy atom. The Balaban J connectivity index is 1.33. The van der Waals surface area contributed by atoms with E-state index in [1.807, 2.05) is 29.4 Å². The van der Waals surface area contributed by atoms with Crippen molar-refractivity contribution >= 4 is 5.91 Å². The van der Waals surface area contributed by atoms with Gasteiger partial charge in [-0.2, -0.15) is 0 Å². The number of tetrazole rings is 1. The molecular weight excluding hydrogens is 358 g/mol. The van der Waals surface area contributed by atoms with E-state index in [0.29, 0.717) is 12.3 Å². The molecule has 0 N–H and O–H groups in total. The van der Waals surface area contributed by atoms with E-state index in [-0.39, 0.29) is 18.4 Å². The van der Waals surface area contributed by atoms with Crippen LogP contribution in [0.2, 0.25) is 0 Å². The van der Waals surface area contributed by atoms with Crippen molar-refractivity contribution in [2.45, 2.75) is 32.2 Å². The molecule has 1 aromatic carbocycles. The summed E-state index contributed by atoms with van der Waals surface area (Å²) in [6.45, 7) is 4.49. The average Bonchev–Trinajstić information content (AvgIpc) is 3.44. The van der Waals surface area contributed by atoms with Gasteiger partial charge in [-0.3, -0.25) is 4.79 Å². The Morgan fingerprint density at radius 3 is 2.89 bits per heavy atom. The van der Waals surface area contributed by atoms with Gasteiger partial charge in [0.25, 0.3) is 5.91 Å². The van der Waals surface area contributed by atoms with Gasteiger partial charge in [-0.15, -0.1) is 5.10 Å². The van der Waals surface area contributed by atoms with Gasteiger partial charge in [0.05, 0.1) is 5.69 Å². The lowest BCUT2D eigenvalue weighted by molar-refractivity contribution is -0.134. The predicted molar refractivity (Wildman–Crippen MR) is 101 cm³/mol. The minimum atomic E-state index is 0.00357. The van der Waals surface area contributed by atoms with E-state index in [1.165, 1.54) is 6.33 Å². The molecule has 1 atom stereocenters. The van der Waals surface area contributed by atoms with Crippen LogP contribution in [0.3, 0.4) is 0 Å². The van der Waals surface area contributed by atoms with E-state index in [0.717, 1.165) is 37.4 Å². The zero-order chi connectivity index (χ0) is 19.3. The van der Waals surface area contributed by atoms with Crippen LogP contribution in [-0.2, 0) is 11.3 Å². The molecule has 0 spiro atoms. The highest BCUT2D eigenvalue weighted by Gasteiger charge is 2.27. The fourth-order valence-corrected chi connectivity index (χ4v) is 3.57. The van der Waals surface area contributed by atoms with Gasteiger partial charge in [-0.1, -0.05) is 0 Å². The number of ether oxygens (including phenoxy) is 1. The summed E-state index contributed by atoms with van der Waals surface area (Å²) >= 11 is 0. The summed E-state index contributed by atoms with van der Waals surface area (Å²) in [5.74, 6) is 1.99. The van der Waals surface area contributed by atoms with Crippen molar-refractivity contribution in [2.75, 3.05) is 19.7 Å². The smallest absolute Gasteiger partial charge is 0.260 e. The monoisotopic (exact) mass is 381 g/mol. The lowest BCUT2D eigenvalue weighted by Crippen LogP contribution is -2.42. The Kier molecular flexibility index (Phi) is 5.31. The van der Waals surface area contributed by atoms with Crippen LogP contribution < -0.4 is 4.74 Å². The summed E-state index contributed by atoms with van der Waals surface area (Å²) in [6, 6.07) is 7.30. The van der Waals surface area contributed by atoms with Crippen LogP contribution in [0, 0.1) is 0 Å². The number of carbonyl (C=O) groups is 1. The van der Waals surface area contributed by atoms with Crippen LogP contribution >= 0.6 is 0 Å². The first kappa shape index (κ1) is 18.1. The molecule has 0 radical (unpaired) electrons. The van der Waals surface area contributed by atoms with E-state index in [1.54, 1.807) is 16.8 Å². The number of rotatable bonds is 6. The summed E-state index contributed by atoms with van der Waals surface area (Å²) in [4.78, 5) is 19.0. The van der Waals surface area contributed by atoms with Gasteiger partial charge in [0, 0.05) is 37.9 Å². The maximum absolute atomic E-state index is 12.6. The van der Waals surface area contributed by atoms with Crippen molar-refractivity contribution in [2.24, 2.45) is 0 Å². The number of aryl methyl sites for hydroxylation is 1. The molecule has 0 saturated carbocycles. The van der Waals surface area contributed by atoms with Crippen LogP contribution in [-0.4, -0.2) is 60.3 Å². The SMILES string of the molecule is CCn1ccnc1[C@@H]1CCCN(C(=O)COc2ccc(-n3cnnn3)cc2)C1. The van der Waals surface area contributed by atoms with Crippen molar-refractivity contribution in [1.29, 1.82) is 0 Å². The van der Waals surface area contributed by atoms with Gasteiger partial charge in [-0.05, 0) is 54.5 Å². The lowest BCUT2D eigenvalue weighted by atomic mass is 9.97. The van der Waals surface area contributed by atoms with Crippen molar-refractivity contribution in [3.63, 3.8) is 0 Å². The van der Waals surface area contributed by atoms with E-state index < -0.39 is 0 Å². The van der Waals surface area contributed by atoms with Gasteiger partial charge in [-0.25, -0.2) is 9.67 Å². The molecule has 1 aliphatic rings. The second-order valence-electron chi connectivity index (χ2n) is 6.79. The molecule has 1 saturated heterocycles. The molecule has 4 rings (SSSR count). The van der Waals surface area contributed by atoms with Gasteiger partial charge in [0.15, 0.2) is 6.61 Å². The average molecular weight is 381 g/mol. The molecule has 0 bridgehead atoms. The second kappa shape index (κ2) is 8.20. The number of benzene rings is 1. The predicted octanol–water partition coefficient (Wildman–Crippen LogP) is 1.66. The third-order valence-corrected chi connectivity index (χ3v) is 5.04. The highest BCUT2D eigenvalue weighted by atomic mass is 16.5. The fourth-order valence-electron chi connectivity index (χ4n) is 3.57. The molecule has 3 heterocycles. The molecule has 1 fully saturated rings. The van der Waals surface area contributed by atoms with Crippen LogP contribution in [0.25, 0.3) is 5.69 Å². The molecule has 9 nitrogen and oxygen atoms in total. The molecule has 0 unspecified atom stereocenters. The molecule has 28 heavy (non-hydrogen) atoms. The summed E-state index contributed by atoms with van der Waals surface area (Å²) in [7, 11) is 0. The highest BCUT2D eigenvalue weighted by molar-refractivity contribution is 5.78. The first-order chi connectivity index (χ1) is 13.7. The van der Waals surface area contributed by atoms with E-state index in [9.17, 15) is 4.79 Å². The van der Waals surface area contributed by atoms with E-state index >= 15 is 0 Å². The first-order valence-corrected chi connectivity index (χ1v) is 9.49. The van der Waals surface area contributed by atoms with Gasteiger partial charge < -0.3 is 14.2 Å². The number of piperidine rings is 1. The topological polar surface area (TPSA) is 91.0 Å². The summed E-state index contributed by atoms with van der Waals surface area (Å²) in [5, 5.41) is 11.1. The number of carbonyl (C=O) groups excluding carboxylic acids is 1. The number of hydrogen-bond donors (Lipinski definition) is 0. The standard InChI is InChI=1S/C19H23N7O2/c1-2-24-11-9-20-19(24)15-4-3-10-25(12-15)18(27)13-28-17-7-5-16(6-8-17)26-14-21-22-23-26/h5-9,11,14-15H,2-4,10,12-13H2,1H3/t15-/m1/s1. The first-order valence-electron chi connectivity index (χ1n) is 9.49. The third kappa shape index (κ3) is 3.88. The van der Waals surface area contributed by atoms with Crippen molar-refractivity contribution in [3.8, 4) is 11.4 Å². The maximum Gasteiger partial charge on any atom is 0.260 e. The van der Waals surface area contributed by atoms with Crippen molar-refractivity contribution in [3.05, 3.63) is 48.8 Å². The molecule has 2 aromatic heterocycles. The molecule has 146 valence electrons. The zero-order valence-electron chi connectivity index (χ0n) is 15.8. The van der Waals surface area contributed by atoms with Gasteiger partial charge >= 0.3 is 0 Å².